The van der Waals surface area contributed by atoms with Crippen LogP contribution in [0.5, 0.6) is 5.75 Å². The maximum absolute atomic E-state index is 13.2. The molecule has 3 heterocycles. The second-order valence-corrected chi connectivity index (χ2v) is 7.56. The van der Waals surface area contributed by atoms with Gasteiger partial charge in [0, 0.05) is 18.7 Å². The van der Waals surface area contributed by atoms with Gasteiger partial charge in [-0.05, 0) is 12.1 Å². The Kier molecular flexibility index (Phi) is 6.32. The summed E-state index contributed by atoms with van der Waals surface area (Å²) in [6.45, 7) is 0.573. The highest BCUT2D eigenvalue weighted by atomic mass is 32.2. The van der Waals surface area contributed by atoms with E-state index in [1.54, 1.807) is 36.3 Å². The largest absolute Gasteiger partial charge is 0.497 e. The highest BCUT2D eigenvalue weighted by molar-refractivity contribution is 7.98. The Morgan fingerprint density at radius 1 is 1.19 bits per heavy atom. The van der Waals surface area contributed by atoms with Crippen LogP contribution in [-0.2, 0) is 17.0 Å². The Hall–Kier alpha value is -2.80. The van der Waals surface area contributed by atoms with Crippen molar-refractivity contribution in [3.05, 3.63) is 30.2 Å². The summed E-state index contributed by atoms with van der Waals surface area (Å²) >= 11 is 1.05. The van der Waals surface area contributed by atoms with E-state index in [9.17, 15) is 13.2 Å². The number of nitrogens with zero attached hydrogens (tertiary/aromatic N) is 6. The minimum Gasteiger partial charge on any atom is -0.497 e. The van der Waals surface area contributed by atoms with Gasteiger partial charge in [-0.15, -0.1) is 10.2 Å². The first-order valence-corrected chi connectivity index (χ1v) is 10.3. The number of morpholine rings is 1. The molecule has 0 unspecified atom stereocenters. The molecule has 0 radical (unpaired) electrons. The lowest BCUT2D eigenvalue weighted by Gasteiger charge is -2.28. The standard InChI is InChI=1S/C18H19F3N6O3S/c1-28-13-4-2-3-12(9-13)15-22-14(30-25-15)10-31-17-24-23-16(26-5-7-29-8-6-26)27(17)11-18(19,20)21/h2-4,9H,5-8,10-11H2,1H3. The molecule has 1 saturated heterocycles. The van der Waals surface area contributed by atoms with Crippen molar-refractivity contribution in [1.29, 1.82) is 0 Å². The monoisotopic (exact) mass is 456 g/mol. The summed E-state index contributed by atoms with van der Waals surface area (Å²) in [6.07, 6.45) is -4.41. The number of methoxy groups -OCH3 is 1. The normalized spacial score (nSPS) is 14.8. The van der Waals surface area contributed by atoms with Crippen molar-refractivity contribution in [2.24, 2.45) is 0 Å². The highest BCUT2D eigenvalue weighted by Gasteiger charge is 2.33. The second kappa shape index (κ2) is 9.14. The minimum atomic E-state index is -4.41. The summed E-state index contributed by atoms with van der Waals surface area (Å²) in [4.78, 5) is 6.05. The van der Waals surface area contributed by atoms with E-state index in [0.29, 0.717) is 43.4 Å². The zero-order chi connectivity index (χ0) is 21.8. The van der Waals surface area contributed by atoms with Crippen LogP contribution in [0.15, 0.2) is 33.9 Å². The summed E-state index contributed by atoms with van der Waals surface area (Å²) in [6, 6.07) is 7.15. The number of hydrogen-bond donors (Lipinski definition) is 0. The van der Waals surface area contributed by atoms with Crippen LogP contribution in [0.3, 0.4) is 0 Å². The molecule has 3 aromatic rings. The van der Waals surface area contributed by atoms with Crippen molar-refractivity contribution in [3.63, 3.8) is 0 Å². The molecule has 1 aliphatic heterocycles. The lowest BCUT2D eigenvalue weighted by atomic mass is 10.2. The Labute approximate surface area is 179 Å². The van der Waals surface area contributed by atoms with Gasteiger partial charge >= 0.3 is 6.18 Å². The van der Waals surface area contributed by atoms with Crippen LogP contribution in [0, 0.1) is 0 Å². The molecule has 0 atom stereocenters. The van der Waals surface area contributed by atoms with Gasteiger partial charge in [0.15, 0.2) is 5.16 Å². The molecule has 0 amide bonds. The second-order valence-electron chi connectivity index (χ2n) is 6.62. The van der Waals surface area contributed by atoms with E-state index in [0.717, 1.165) is 16.3 Å². The number of benzene rings is 1. The average Bonchev–Trinajstić information content (AvgIpc) is 3.39. The van der Waals surface area contributed by atoms with Crippen LogP contribution >= 0.6 is 11.8 Å². The molecular weight excluding hydrogens is 437 g/mol. The number of alkyl halides is 3. The van der Waals surface area contributed by atoms with E-state index in [1.165, 1.54) is 0 Å². The SMILES string of the molecule is COc1cccc(-c2noc(CSc3nnc(N4CCOCC4)n3CC(F)(F)F)n2)c1. The third-order valence-corrected chi connectivity index (χ3v) is 5.40. The number of aromatic nitrogens is 5. The zero-order valence-electron chi connectivity index (χ0n) is 16.5. The summed E-state index contributed by atoms with van der Waals surface area (Å²) in [5.74, 6) is 1.59. The van der Waals surface area contributed by atoms with E-state index >= 15 is 0 Å². The smallest absolute Gasteiger partial charge is 0.406 e. The molecule has 4 rings (SSSR count). The van der Waals surface area contributed by atoms with Crippen LogP contribution in [-0.4, -0.2) is 64.5 Å². The minimum absolute atomic E-state index is 0.125. The third-order valence-electron chi connectivity index (χ3n) is 4.45. The van der Waals surface area contributed by atoms with Crippen LogP contribution in [0.1, 0.15) is 5.89 Å². The molecule has 0 aliphatic carbocycles. The van der Waals surface area contributed by atoms with Gasteiger partial charge < -0.3 is 18.9 Å². The maximum atomic E-state index is 13.2. The molecule has 13 heteroatoms. The summed E-state index contributed by atoms with van der Waals surface area (Å²) in [5.41, 5.74) is 0.703. The lowest BCUT2D eigenvalue weighted by Crippen LogP contribution is -2.38. The molecule has 31 heavy (non-hydrogen) atoms. The molecule has 2 aromatic heterocycles. The molecule has 1 aromatic carbocycles. The fourth-order valence-corrected chi connectivity index (χ4v) is 3.79. The van der Waals surface area contributed by atoms with Crippen molar-refractivity contribution in [3.8, 4) is 17.1 Å². The number of hydrogen-bond acceptors (Lipinski definition) is 9. The number of thioether (sulfide) groups is 1. The Morgan fingerprint density at radius 3 is 2.74 bits per heavy atom. The van der Waals surface area contributed by atoms with Gasteiger partial charge in [0.2, 0.25) is 17.7 Å². The molecule has 0 bridgehead atoms. The van der Waals surface area contributed by atoms with E-state index in [-0.39, 0.29) is 22.7 Å². The van der Waals surface area contributed by atoms with Gasteiger partial charge in [-0.1, -0.05) is 29.1 Å². The number of anilines is 1. The van der Waals surface area contributed by atoms with Crippen molar-refractivity contribution in [2.75, 3.05) is 38.3 Å². The number of halogens is 3. The topological polar surface area (TPSA) is 91.3 Å². The molecule has 0 saturated carbocycles. The molecule has 0 spiro atoms. The molecule has 1 aliphatic rings. The Balaban J connectivity index is 1.50. The fraction of sp³-hybridized carbons (Fsp3) is 0.444. The molecule has 9 nitrogen and oxygen atoms in total. The molecule has 166 valence electrons. The van der Waals surface area contributed by atoms with Crippen molar-refractivity contribution >= 4 is 17.7 Å². The Morgan fingerprint density at radius 2 is 2.00 bits per heavy atom. The van der Waals surface area contributed by atoms with Gasteiger partial charge in [-0.25, -0.2) is 0 Å². The average molecular weight is 456 g/mol. The van der Waals surface area contributed by atoms with Crippen molar-refractivity contribution in [1.82, 2.24) is 24.9 Å². The molecule has 1 fully saturated rings. The molecule has 0 N–H and O–H groups in total. The van der Waals surface area contributed by atoms with Gasteiger partial charge in [0.25, 0.3) is 0 Å². The Bertz CT molecular complexity index is 1020. The summed E-state index contributed by atoms with van der Waals surface area (Å²) < 4.78 is 56.3. The lowest BCUT2D eigenvalue weighted by molar-refractivity contribution is -0.141. The molecular formula is C18H19F3N6O3S. The van der Waals surface area contributed by atoms with E-state index in [4.69, 9.17) is 14.0 Å². The van der Waals surface area contributed by atoms with Gasteiger partial charge in [0.1, 0.15) is 12.3 Å². The first-order chi connectivity index (χ1) is 14.9. The van der Waals surface area contributed by atoms with Crippen molar-refractivity contribution in [2.45, 2.75) is 23.6 Å². The van der Waals surface area contributed by atoms with E-state index in [1.807, 2.05) is 0 Å². The summed E-state index contributed by atoms with van der Waals surface area (Å²) in [5, 5.41) is 12.0. The first-order valence-electron chi connectivity index (χ1n) is 9.35. The highest BCUT2D eigenvalue weighted by Crippen LogP contribution is 2.30. The van der Waals surface area contributed by atoms with Crippen LogP contribution in [0.4, 0.5) is 19.1 Å². The number of rotatable bonds is 7. The van der Waals surface area contributed by atoms with Gasteiger partial charge in [-0.3, -0.25) is 4.57 Å². The number of ether oxygens (including phenoxy) is 2. The van der Waals surface area contributed by atoms with E-state index < -0.39 is 12.7 Å². The third kappa shape index (κ3) is 5.28. The quantitative estimate of drug-likeness (QED) is 0.498. The van der Waals surface area contributed by atoms with E-state index in [2.05, 4.69) is 20.3 Å². The van der Waals surface area contributed by atoms with Crippen molar-refractivity contribution < 1.29 is 27.2 Å². The van der Waals surface area contributed by atoms with Crippen LogP contribution in [0.25, 0.3) is 11.4 Å². The van der Waals surface area contributed by atoms with Crippen LogP contribution in [0.2, 0.25) is 0 Å². The zero-order valence-corrected chi connectivity index (χ0v) is 17.3. The predicted molar refractivity (Wildman–Crippen MR) is 105 cm³/mol. The maximum Gasteiger partial charge on any atom is 0.406 e. The fourth-order valence-electron chi connectivity index (χ4n) is 3.02. The first kappa shape index (κ1) is 21.4. The van der Waals surface area contributed by atoms with Crippen LogP contribution < -0.4 is 9.64 Å². The van der Waals surface area contributed by atoms with Gasteiger partial charge in [0.05, 0.1) is 26.1 Å². The predicted octanol–water partition coefficient (Wildman–Crippen LogP) is 3.03. The van der Waals surface area contributed by atoms with Gasteiger partial charge in [-0.2, -0.15) is 18.2 Å². The summed E-state index contributed by atoms with van der Waals surface area (Å²) in [7, 11) is 1.56.